The predicted octanol–water partition coefficient (Wildman–Crippen LogP) is 13.5. The first-order valence-corrected chi connectivity index (χ1v) is 18.2. The molecule has 3 heteroatoms. The molecule has 0 fully saturated rings. The van der Waals surface area contributed by atoms with Gasteiger partial charge in [0.05, 0.1) is 16.8 Å². The van der Waals surface area contributed by atoms with E-state index in [-0.39, 0.29) is 12.0 Å². The van der Waals surface area contributed by atoms with E-state index in [1.54, 1.807) is 0 Å². The third kappa shape index (κ3) is 4.74. The van der Waals surface area contributed by atoms with Crippen molar-refractivity contribution >= 4 is 66.1 Å². The standard InChI is InChI=1S/C50H33NO2/c1-2-12-32(13-3-1)34-26-28-37(29-27-34)51(44-21-11-23-47-48(44)42-18-8-9-22-46(42)52-47)45-31-43-41-20-10-19-38(36-25-24-33-14-4-5-15-35(33)30-36)49(41)53-50(43)40-17-7-6-16-39(40)45/h1-31,41,49H. The summed E-state index contributed by atoms with van der Waals surface area (Å²) in [5.41, 5.74) is 10.9. The lowest BCUT2D eigenvalue weighted by Gasteiger charge is -2.28. The van der Waals surface area contributed by atoms with E-state index in [1.807, 2.05) is 6.07 Å². The van der Waals surface area contributed by atoms with Gasteiger partial charge in [-0.3, -0.25) is 0 Å². The summed E-state index contributed by atoms with van der Waals surface area (Å²) in [5, 5.41) is 6.89. The average molecular weight is 680 g/mol. The van der Waals surface area contributed by atoms with E-state index in [0.717, 1.165) is 55.5 Å². The molecule has 1 aliphatic heterocycles. The molecule has 0 bridgehead atoms. The number of allylic oxidation sites excluding steroid dienone is 2. The summed E-state index contributed by atoms with van der Waals surface area (Å²) < 4.78 is 13.5. The zero-order valence-electron chi connectivity index (χ0n) is 28.8. The number of ether oxygens (including phenoxy) is 1. The van der Waals surface area contributed by atoms with Crippen LogP contribution in [-0.4, -0.2) is 6.10 Å². The van der Waals surface area contributed by atoms with Crippen molar-refractivity contribution in [2.45, 2.75) is 12.0 Å². The van der Waals surface area contributed by atoms with E-state index >= 15 is 0 Å². The highest BCUT2D eigenvalue weighted by atomic mass is 16.5. The molecule has 2 aliphatic rings. The largest absolute Gasteiger partial charge is 0.484 e. The number of hydrogen-bond donors (Lipinski definition) is 0. The van der Waals surface area contributed by atoms with Crippen LogP contribution in [0.5, 0.6) is 5.75 Å². The zero-order chi connectivity index (χ0) is 34.9. The molecule has 11 rings (SSSR count). The van der Waals surface area contributed by atoms with Gasteiger partial charge in [0.2, 0.25) is 0 Å². The molecular formula is C50H33NO2. The smallest absolute Gasteiger partial charge is 0.137 e. The van der Waals surface area contributed by atoms with E-state index in [2.05, 4.69) is 187 Å². The minimum Gasteiger partial charge on any atom is -0.484 e. The van der Waals surface area contributed by atoms with Crippen LogP contribution in [-0.2, 0) is 0 Å². The molecule has 0 amide bonds. The van der Waals surface area contributed by atoms with Crippen molar-refractivity contribution in [1.82, 2.24) is 0 Å². The summed E-state index contributed by atoms with van der Waals surface area (Å²) in [4.78, 5) is 2.42. The Balaban J connectivity index is 1.12. The lowest BCUT2D eigenvalue weighted by Crippen LogP contribution is -2.21. The van der Waals surface area contributed by atoms with Crippen LogP contribution in [0.3, 0.4) is 0 Å². The van der Waals surface area contributed by atoms with E-state index in [1.165, 1.54) is 38.6 Å². The molecule has 2 heterocycles. The van der Waals surface area contributed by atoms with Gasteiger partial charge in [-0.15, -0.1) is 0 Å². The lowest BCUT2D eigenvalue weighted by atomic mass is 9.83. The highest BCUT2D eigenvalue weighted by molar-refractivity contribution is 6.15. The van der Waals surface area contributed by atoms with Crippen molar-refractivity contribution in [1.29, 1.82) is 0 Å². The first-order chi connectivity index (χ1) is 26.3. The number of hydrogen-bond acceptors (Lipinski definition) is 3. The number of rotatable bonds is 5. The fraction of sp³-hybridized carbons (Fsp3) is 0.0400. The predicted molar refractivity (Wildman–Crippen MR) is 220 cm³/mol. The van der Waals surface area contributed by atoms with Gasteiger partial charge < -0.3 is 14.1 Å². The Bertz CT molecular complexity index is 2930. The van der Waals surface area contributed by atoms with Crippen LogP contribution >= 0.6 is 0 Å². The molecule has 0 saturated carbocycles. The number of anilines is 3. The molecule has 0 N–H and O–H groups in total. The molecule has 3 nitrogen and oxygen atoms in total. The molecule has 2 unspecified atom stereocenters. The highest BCUT2D eigenvalue weighted by Crippen LogP contribution is 2.54. The average Bonchev–Trinajstić information content (AvgIpc) is 3.81. The van der Waals surface area contributed by atoms with Gasteiger partial charge in [-0.25, -0.2) is 0 Å². The van der Waals surface area contributed by atoms with Crippen LogP contribution in [0.1, 0.15) is 17.0 Å². The van der Waals surface area contributed by atoms with Gasteiger partial charge in [-0.1, -0.05) is 146 Å². The van der Waals surface area contributed by atoms with Crippen molar-refractivity contribution in [2.75, 3.05) is 4.90 Å². The van der Waals surface area contributed by atoms with Crippen molar-refractivity contribution in [3.8, 4) is 16.9 Å². The fourth-order valence-electron chi connectivity index (χ4n) is 8.53. The minimum atomic E-state index is -0.130. The lowest BCUT2D eigenvalue weighted by molar-refractivity contribution is 0.281. The van der Waals surface area contributed by atoms with Gasteiger partial charge in [0.1, 0.15) is 23.0 Å². The number of furan rings is 1. The fourth-order valence-corrected chi connectivity index (χ4v) is 8.53. The van der Waals surface area contributed by atoms with Crippen molar-refractivity contribution in [3.63, 3.8) is 0 Å². The van der Waals surface area contributed by atoms with Gasteiger partial charge >= 0.3 is 0 Å². The van der Waals surface area contributed by atoms with Crippen molar-refractivity contribution in [3.05, 3.63) is 199 Å². The van der Waals surface area contributed by atoms with Crippen LogP contribution < -0.4 is 9.64 Å². The van der Waals surface area contributed by atoms with Crippen LogP contribution in [0, 0.1) is 0 Å². The maximum atomic E-state index is 7.08. The van der Waals surface area contributed by atoms with Crippen molar-refractivity contribution < 1.29 is 9.15 Å². The topological polar surface area (TPSA) is 25.6 Å². The highest BCUT2D eigenvalue weighted by Gasteiger charge is 2.39. The van der Waals surface area contributed by atoms with Crippen molar-refractivity contribution in [2.24, 2.45) is 0 Å². The Labute approximate surface area is 307 Å². The summed E-state index contributed by atoms with van der Waals surface area (Å²) in [6.45, 7) is 0. The van der Waals surface area contributed by atoms with E-state index in [0.29, 0.717) is 0 Å². The second kappa shape index (κ2) is 11.9. The molecular weight excluding hydrogens is 647 g/mol. The molecule has 250 valence electrons. The third-order valence-corrected chi connectivity index (χ3v) is 11.0. The van der Waals surface area contributed by atoms with Gasteiger partial charge in [-0.05, 0) is 69.9 Å². The Morgan fingerprint density at radius 2 is 1.19 bits per heavy atom. The molecule has 0 radical (unpaired) electrons. The van der Waals surface area contributed by atoms with Gasteiger partial charge in [0.15, 0.2) is 0 Å². The Morgan fingerprint density at radius 1 is 0.491 bits per heavy atom. The second-order valence-electron chi connectivity index (χ2n) is 14.0. The number of para-hydroxylation sites is 1. The molecule has 0 spiro atoms. The normalized spacial score (nSPS) is 16.1. The maximum Gasteiger partial charge on any atom is 0.137 e. The summed E-state index contributed by atoms with van der Waals surface area (Å²) in [5.74, 6) is 1.02. The molecule has 2 atom stereocenters. The summed E-state index contributed by atoms with van der Waals surface area (Å²) in [7, 11) is 0. The second-order valence-corrected chi connectivity index (χ2v) is 14.0. The number of nitrogens with zero attached hydrogens (tertiary/aromatic N) is 1. The molecule has 8 aromatic carbocycles. The Morgan fingerprint density at radius 3 is 2.06 bits per heavy atom. The minimum absolute atomic E-state index is 0.0627. The molecule has 9 aromatic rings. The summed E-state index contributed by atoms with van der Waals surface area (Å²) >= 11 is 0. The Kier molecular flexibility index (Phi) is 6.68. The van der Waals surface area contributed by atoms with Gasteiger partial charge in [0, 0.05) is 38.9 Å². The maximum absolute atomic E-state index is 7.08. The summed E-state index contributed by atoms with van der Waals surface area (Å²) in [6.07, 6.45) is 6.61. The van der Waals surface area contributed by atoms with E-state index in [4.69, 9.17) is 9.15 Å². The molecule has 1 aromatic heterocycles. The quantitative estimate of drug-likeness (QED) is 0.181. The first kappa shape index (κ1) is 29.8. The van der Waals surface area contributed by atoms with Gasteiger partial charge in [-0.2, -0.15) is 0 Å². The number of fused-ring (bicyclic) bond motifs is 9. The first-order valence-electron chi connectivity index (χ1n) is 18.2. The molecule has 53 heavy (non-hydrogen) atoms. The zero-order valence-corrected chi connectivity index (χ0v) is 28.8. The number of benzene rings is 8. The van der Waals surface area contributed by atoms with Crippen LogP contribution in [0.25, 0.3) is 60.2 Å². The summed E-state index contributed by atoms with van der Waals surface area (Å²) in [6, 6.07) is 60.6. The molecule has 1 aliphatic carbocycles. The third-order valence-electron chi connectivity index (χ3n) is 11.0. The van der Waals surface area contributed by atoms with Crippen LogP contribution in [0.2, 0.25) is 0 Å². The van der Waals surface area contributed by atoms with E-state index < -0.39 is 0 Å². The Hall–Kier alpha value is -6.84. The molecule has 0 saturated heterocycles. The van der Waals surface area contributed by atoms with E-state index in [9.17, 15) is 0 Å². The SMILES string of the molecule is C1=CC2c3cc(N(c4ccc(-c5ccccc5)cc4)c4cccc5oc6ccccc6c45)c4ccccc4c3OC2C(c2ccc3ccccc3c2)=C1. The van der Waals surface area contributed by atoms with Gasteiger partial charge in [0.25, 0.3) is 0 Å². The van der Waals surface area contributed by atoms with Crippen LogP contribution in [0.15, 0.2) is 193 Å². The van der Waals surface area contributed by atoms with Crippen LogP contribution in [0.4, 0.5) is 17.1 Å². The monoisotopic (exact) mass is 679 g/mol.